The first-order valence-corrected chi connectivity index (χ1v) is 5.67. The third-order valence-corrected chi connectivity index (χ3v) is 2.61. The molecule has 0 aromatic carbocycles. The van der Waals surface area contributed by atoms with E-state index in [0.29, 0.717) is 24.1 Å². The van der Waals surface area contributed by atoms with Crippen LogP contribution in [0.25, 0.3) is 0 Å². The Morgan fingerprint density at radius 2 is 2.26 bits per heavy atom. The van der Waals surface area contributed by atoms with E-state index in [1.54, 1.807) is 0 Å². The number of rotatable bonds is 5. The Hall–Kier alpha value is -2.70. The van der Waals surface area contributed by atoms with Crippen LogP contribution in [-0.4, -0.2) is 27.1 Å². The van der Waals surface area contributed by atoms with Crippen molar-refractivity contribution in [2.24, 2.45) is 0 Å². The predicted molar refractivity (Wildman–Crippen MR) is 68.1 cm³/mol. The maximum Gasteiger partial charge on any atom is 0.323 e. The highest BCUT2D eigenvalue weighted by atomic mass is 16.1. The molecule has 0 radical (unpaired) electrons. The lowest BCUT2D eigenvalue weighted by Crippen LogP contribution is -2.08. The Morgan fingerprint density at radius 3 is 2.95 bits per heavy atom. The second-order valence-electron chi connectivity index (χ2n) is 3.81. The van der Waals surface area contributed by atoms with E-state index in [9.17, 15) is 14.4 Å². The number of nitrogens with zero attached hydrogens (tertiary/aromatic N) is 1. The maximum atomic E-state index is 12.3. The minimum absolute atomic E-state index is 0.232. The summed E-state index contributed by atoms with van der Waals surface area (Å²) in [5, 5.41) is 2.36. The van der Waals surface area contributed by atoms with Crippen LogP contribution in [0.5, 0.6) is 0 Å². The number of aryl methyl sites for hydroxylation is 1. The number of aromatic amines is 2. The van der Waals surface area contributed by atoms with Crippen LogP contribution < -0.4 is 11.0 Å². The molecule has 0 saturated heterocycles. The van der Waals surface area contributed by atoms with Gasteiger partial charge < -0.3 is 15.3 Å². The fourth-order valence-electron chi connectivity index (χ4n) is 1.73. The Balaban J connectivity index is 2.40. The highest BCUT2D eigenvalue weighted by molar-refractivity contribution is 6.08. The van der Waals surface area contributed by atoms with Crippen molar-refractivity contribution in [1.82, 2.24) is 15.0 Å². The van der Waals surface area contributed by atoms with E-state index in [0.717, 1.165) is 0 Å². The molecule has 7 heteroatoms. The number of imidazole rings is 1. The van der Waals surface area contributed by atoms with Crippen LogP contribution >= 0.6 is 0 Å². The number of anilines is 1. The summed E-state index contributed by atoms with van der Waals surface area (Å²) < 4.78 is 0. The van der Waals surface area contributed by atoms with Crippen molar-refractivity contribution in [3.63, 3.8) is 0 Å². The fraction of sp³-hybridized carbons (Fsp3) is 0.167. The first-order chi connectivity index (χ1) is 9.15. The van der Waals surface area contributed by atoms with Crippen LogP contribution in [0.3, 0.4) is 0 Å². The van der Waals surface area contributed by atoms with Crippen molar-refractivity contribution in [1.29, 1.82) is 0 Å². The number of carbonyl (C=O) groups is 2. The van der Waals surface area contributed by atoms with Gasteiger partial charge in [-0.2, -0.15) is 0 Å². The van der Waals surface area contributed by atoms with Crippen molar-refractivity contribution in [3.8, 4) is 0 Å². The number of pyridine rings is 1. The van der Waals surface area contributed by atoms with Crippen LogP contribution in [0.4, 0.5) is 5.82 Å². The van der Waals surface area contributed by atoms with E-state index < -0.39 is 5.69 Å². The molecule has 0 unspecified atom stereocenters. The summed E-state index contributed by atoms with van der Waals surface area (Å²) in [5.74, 6) is -0.0525. The number of hydrogen-bond donors (Lipinski definition) is 3. The van der Waals surface area contributed by atoms with E-state index in [1.165, 1.54) is 18.3 Å². The van der Waals surface area contributed by atoms with Crippen molar-refractivity contribution in [2.45, 2.75) is 13.3 Å². The molecule has 0 atom stereocenters. The molecule has 0 bridgehead atoms. The molecule has 7 nitrogen and oxygen atoms in total. The molecule has 3 N–H and O–H groups in total. The topological polar surface area (TPSA) is 108 Å². The average Bonchev–Trinajstić information content (AvgIpc) is 2.80. The first-order valence-electron chi connectivity index (χ1n) is 5.67. The van der Waals surface area contributed by atoms with Crippen molar-refractivity contribution in [3.05, 3.63) is 45.8 Å². The van der Waals surface area contributed by atoms with Gasteiger partial charge in [-0.05, 0) is 18.6 Å². The van der Waals surface area contributed by atoms with E-state index in [2.05, 4.69) is 20.3 Å². The molecule has 1 amide bonds. The summed E-state index contributed by atoms with van der Waals surface area (Å²) in [5.41, 5.74) is 0.706. The zero-order valence-corrected chi connectivity index (χ0v) is 10.2. The summed E-state index contributed by atoms with van der Waals surface area (Å²) in [4.78, 5) is 42.8. The van der Waals surface area contributed by atoms with Gasteiger partial charge in [0, 0.05) is 17.5 Å². The van der Waals surface area contributed by atoms with E-state index in [4.69, 9.17) is 0 Å². The van der Waals surface area contributed by atoms with Crippen molar-refractivity contribution < 1.29 is 9.59 Å². The third-order valence-electron chi connectivity index (χ3n) is 2.61. The summed E-state index contributed by atoms with van der Waals surface area (Å²) in [6, 6.07) is 2.96. The predicted octanol–water partition coefficient (Wildman–Crippen LogP) is 0.460. The van der Waals surface area contributed by atoms with Gasteiger partial charge in [0.05, 0.1) is 0 Å². The number of nitrogens with one attached hydrogen (secondary N) is 3. The van der Waals surface area contributed by atoms with Gasteiger partial charge in [0.1, 0.15) is 11.5 Å². The van der Waals surface area contributed by atoms with Gasteiger partial charge >= 0.3 is 5.69 Å². The zero-order valence-electron chi connectivity index (χ0n) is 10.2. The molecule has 0 aliphatic rings. The van der Waals surface area contributed by atoms with E-state index in [-0.39, 0.29) is 17.3 Å². The number of aromatic nitrogens is 3. The largest absolute Gasteiger partial charge is 0.323 e. The van der Waals surface area contributed by atoms with Crippen molar-refractivity contribution in [2.75, 3.05) is 5.32 Å². The summed E-state index contributed by atoms with van der Waals surface area (Å²) in [6.45, 7) is 1.84. The molecule has 2 heterocycles. The average molecular weight is 260 g/mol. The monoisotopic (exact) mass is 260 g/mol. The van der Waals surface area contributed by atoms with Gasteiger partial charge in [0.15, 0.2) is 0 Å². The first kappa shape index (κ1) is 12.7. The second kappa shape index (κ2) is 5.30. The van der Waals surface area contributed by atoms with Gasteiger partial charge in [0.25, 0.3) is 0 Å². The molecule has 2 rings (SSSR count). The third kappa shape index (κ3) is 2.59. The Labute approximate surface area is 108 Å². The molecule has 2 aromatic rings. The quantitative estimate of drug-likeness (QED) is 0.536. The molecule has 0 fully saturated rings. The highest BCUT2D eigenvalue weighted by Gasteiger charge is 2.16. The number of carbonyl (C=O) groups excluding carboxylic acids is 2. The number of amides is 1. The Kier molecular flexibility index (Phi) is 3.56. The van der Waals surface area contributed by atoms with Gasteiger partial charge in [-0.3, -0.25) is 9.59 Å². The van der Waals surface area contributed by atoms with Gasteiger partial charge in [0.2, 0.25) is 12.2 Å². The molecule has 0 aliphatic carbocycles. The highest BCUT2D eigenvalue weighted by Crippen LogP contribution is 2.12. The molecule has 19 heavy (non-hydrogen) atoms. The summed E-state index contributed by atoms with van der Waals surface area (Å²) in [6.07, 6.45) is 2.42. The molecular formula is C12H12N4O3. The molecule has 98 valence electrons. The lowest BCUT2D eigenvalue weighted by molar-refractivity contribution is -0.105. The zero-order chi connectivity index (χ0) is 13.8. The van der Waals surface area contributed by atoms with Gasteiger partial charge in [-0.1, -0.05) is 6.92 Å². The molecule has 0 aliphatic heterocycles. The normalized spacial score (nSPS) is 10.2. The standard InChI is InChI=1S/C12H12N4O3/c1-2-8-10(16-12(19)15-8)11(18)7-3-4-13-9(5-7)14-6-17/h3-6H,2H2,1H3,(H,13,14,17)(H2,15,16,19). The van der Waals surface area contributed by atoms with Crippen LogP contribution in [-0.2, 0) is 11.2 Å². The fourth-order valence-corrected chi connectivity index (χ4v) is 1.73. The minimum Gasteiger partial charge on any atom is -0.313 e. The van der Waals surface area contributed by atoms with Crippen LogP contribution in [0.15, 0.2) is 23.1 Å². The lowest BCUT2D eigenvalue weighted by atomic mass is 10.1. The van der Waals surface area contributed by atoms with Crippen LogP contribution in [0.2, 0.25) is 0 Å². The Morgan fingerprint density at radius 1 is 1.47 bits per heavy atom. The number of H-pyrrole nitrogens is 2. The van der Waals surface area contributed by atoms with Crippen LogP contribution in [0.1, 0.15) is 28.7 Å². The van der Waals surface area contributed by atoms with E-state index >= 15 is 0 Å². The van der Waals surface area contributed by atoms with Gasteiger partial charge in [-0.25, -0.2) is 9.78 Å². The van der Waals surface area contributed by atoms with Gasteiger partial charge in [-0.15, -0.1) is 0 Å². The number of ketones is 1. The molecular weight excluding hydrogens is 248 g/mol. The molecule has 0 saturated carbocycles. The van der Waals surface area contributed by atoms with Crippen molar-refractivity contribution >= 4 is 18.0 Å². The van der Waals surface area contributed by atoms with E-state index in [1.807, 2.05) is 6.92 Å². The number of hydrogen-bond acceptors (Lipinski definition) is 4. The molecule has 0 spiro atoms. The maximum absolute atomic E-state index is 12.3. The van der Waals surface area contributed by atoms with Crippen LogP contribution in [0, 0.1) is 0 Å². The SMILES string of the molecule is CCc1[nH]c(=O)[nH]c1C(=O)c1ccnc(NC=O)c1. The minimum atomic E-state index is -0.416. The lowest BCUT2D eigenvalue weighted by Gasteiger charge is -2.03. The second-order valence-corrected chi connectivity index (χ2v) is 3.81. The smallest absolute Gasteiger partial charge is 0.313 e. The Bertz CT molecular complexity index is 672. The summed E-state index contributed by atoms with van der Waals surface area (Å²) >= 11 is 0. The summed E-state index contributed by atoms with van der Waals surface area (Å²) in [7, 11) is 0. The molecule has 2 aromatic heterocycles.